The molecule has 0 bridgehead atoms. The molecule has 0 heterocycles. The second kappa shape index (κ2) is 7.51. The van der Waals surface area contributed by atoms with Crippen molar-refractivity contribution in [3.05, 3.63) is 23.2 Å². The smallest absolute Gasteiger partial charge is 0.243 e. The largest absolute Gasteiger partial charge is 0.549 e. The number of carbonyl (C=O) groups excluding carboxylic acids is 1. The van der Waals surface area contributed by atoms with E-state index in [0.29, 0.717) is 18.6 Å². The fourth-order valence-electron chi connectivity index (χ4n) is 2.85. The molecule has 0 unspecified atom stereocenters. The molecule has 0 radical (unpaired) electrons. The third-order valence-electron chi connectivity index (χ3n) is 4.00. The number of carboxylic acid groups (broad SMARTS) is 1. The molecule has 0 N–H and O–H groups in total. The fraction of sp³-hybridized carbons (Fsp3) is 0.533. The number of carbonyl (C=O) groups is 1. The van der Waals surface area contributed by atoms with Gasteiger partial charge >= 0.3 is 0 Å². The number of halogens is 1. The highest BCUT2D eigenvalue weighted by Gasteiger charge is 2.32. The van der Waals surface area contributed by atoms with Crippen LogP contribution in [0.5, 0.6) is 5.75 Å². The van der Waals surface area contributed by atoms with Crippen LogP contribution in [0.25, 0.3) is 0 Å². The highest BCUT2D eigenvalue weighted by molar-refractivity contribution is 7.89. The Labute approximate surface area is 141 Å². The van der Waals surface area contributed by atoms with Crippen molar-refractivity contribution < 1.29 is 23.1 Å². The first kappa shape index (κ1) is 18.0. The first-order valence-electron chi connectivity index (χ1n) is 7.41. The second-order valence-corrected chi connectivity index (χ2v) is 7.81. The van der Waals surface area contributed by atoms with Gasteiger partial charge in [-0.2, -0.15) is 4.31 Å². The van der Waals surface area contributed by atoms with Crippen molar-refractivity contribution in [1.29, 1.82) is 0 Å². The molecule has 1 aromatic carbocycles. The zero-order valence-electron chi connectivity index (χ0n) is 12.8. The number of rotatable bonds is 6. The molecule has 1 aromatic rings. The first-order chi connectivity index (χ1) is 10.9. The van der Waals surface area contributed by atoms with Crippen LogP contribution in [0.4, 0.5) is 0 Å². The lowest BCUT2D eigenvalue weighted by Crippen LogP contribution is -2.47. The molecule has 1 aliphatic rings. The van der Waals surface area contributed by atoms with Crippen LogP contribution in [0.3, 0.4) is 0 Å². The molecule has 8 heteroatoms. The van der Waals surface area contributed by atoms with Crippen molar-refractivity contribution in [2.24, 2.45) is 0 Å². The summed E-state index contributed by atoms with van der Waals surface area (Å²) in [5.41, 5.74) is 0. The van der Waals surface area contributed by atoms with Crippen LogP contribution in [0.1, 0.15) is 32.1 Å². The molecule has 0 saturated heterocycles. The van der Waals surface area contributed by atoms with Gasteiger partial charge in [-0.3, -0.25) is 0 Å². The summed E-state index contributed by atoms with van der Waals surface area (Å²) in [5.74, 6) is -1.06. The van der Waals surface area contributed by atoms with Gasteiger partial charge in [0.15, 0.2) is 0 Å². The van der Waals surface area contributed by atoms with E-state index in [1.165, 1.54) is 25.3 Å². The molecule has 2 rings (SSSR count). The first-order valence-corrected chi connectivity index (χ1v) is 9.23. The average molecular weight is 361 g/mol. The van der Waals surface area contributed by atoms with Gasteiger partial charge in [0.05, 0.1) is 29.5 Å². The minimum atomic E-state index is -3.97. The second-order valence-electron chi connectivity index (χ2n) is 5.51. The van der Waals surface area contributed by atoms with Crippen molar-refractivity contribution in [3.63, 3.8) is 0 Å². The molecule has 23 heavy (non-hydrogen) atoms. The van der Waals surface area contributed by atoms with Gasteiger partial charge in [0.25, 0.3) is 0 Å². The molecule has 0 atom stereocenters. The van der Waals surface area contributed by atoms with Crippen molar-refractivity contribution in [3.8, 4) is 5.75 Å². The zero-order chi connectivity index (χ0) is 17.0. The Bertz CT molecular complexity index is 670. The van der Waals surface area contributed by atoms with E-state index < -0.39 is 22.5 Å². The van der Waals surface area contributed by atoms with Gasteiger partial charge < -0.3 is 14.6 Å². The highest BCUT2D eigenvalue weighted by atomic mass is 35.5. The van der Waals surface area contributed by atoms with Crippen LogP contribution < -0.4 is 9.84 Å². The standard InChI is InChI=1S/C15H20ClNO5S/c1-22-14-8-7-12(9-13(14)16)23(20,21)17(10-15(18)19)11-5-3-2-4-6-11/h7-9,11H,2-6,10H2,1H3,(H,18,19)/p-1. The van der Waals surface area contributed by atoms with E-state index in [9.17, 15) is 18.3 Å². The van der Waals surface area contributed by atoms with Crippen LogP contribution in [0.15, 0.2) is 23.1 Å². The lowest BCUT2D eigenvalue weighted by atomic mass is 9.95. The van der Waals surface area contributed by atoms with Crippen LogP contribution in [-0.4, -0.2) is 38.4 Å². The van der Waals surface area contributed by atoms with Gasteiger partial charge in [-0.1, -0.05) is 30.9 Å². The monoisotopic (exact) mass is 360 g/mol. The molecule has 0 spiro atoms. The average Bonchev–Trinajstić information content (AvgIpc) is 2.53. The molecule has 0 aliphatic heterocycles. The molecule has 0 amide bonds. The maximum Gasteiger partial charge on any atom is 0.243 e. The highest BCUT2D eigenvalue weighted by Crippen LogP contribution is 2.31. The van der Waals surface area contributed by atoms with Gasteiger partial charge in [0.2, 0.25) is 10.0 Å². The summed E-state index contributed by atoms with van der Waals surface area (Å²) in [6.07, 6.45) is 4.09. The summed E-state index contributed by atoms with van der Waals surface area (Å²) in [4.78, 5) is 11.0. The number of methoxy groups -OCH3 is 1. The Kier molecular flexibility index (Phi) is 5.89. The minimum absolute atomic E-state index is 0.0462. The Morgan fingerprint density at radius 3 is 2.52 bits per heavy atom. The maximum absolute atomic E-state index is 12.9. The Hall–Kier alpha value is -1.31. The van der Waals surface area contributed by atoms with Gasteiger partial charge in [-0.25, -0.2) is 8.42 Å². The summed E-state index contributed by atoms with van der Waals surface area (Å²) < 4.78 is 31.7. The van der Waals surface area contributed by atoms with Crippen LogP contribution >= 0.6 is 11.6 Å². The van der Waals surface area contributed by atoms with Crippen molar-refractivity contribution in [1.82, 2.24) is 4.31 Å². The maximum atomic E-state index is 12.9. The van der Waals surface area contributed by atoms with E-state index in [4.69, 9.17) is 16.3 Å². The van der Waals surface area contributed by atoms with E-state index in [0.717, 1.165) is 23.6 Å². The molecular formula is C15H19ClNO5S-. The summed E-state index contributed by atoms with van der Waals surface area (Å²) in [6.45, 7) is -0.656. The van der Waals surface area contributed by atoms with E-state index in [2.05, 4.69) is 0 Å². The number of nitrogens with zero attached hydrogens (tertiary/aromatic N) is 1. The molecule has 1 fully saturated rings. The summed E-state index contributed by atoms with van der Waals surface area (Å²) in [5, 5.41) is 11.2. The third kappa shape index (κ3) is 4.16. The fourth-order valence-corrected chi connectivity index (χ4v) is 4.83. The van der Waals surface area contributed by atoms with E-state index in [1.54, 1.807) is 0 Å². The number of benzene rings is 1. The van der Waals surface area contributed by atoms with Crippen molar-refractivity contribution >= 4 is 27.6 Å². The van der Waals surface area contributed by atoms with E-state index >= 15 is 0 Å². The SMILES string of the molecule is COc1ccc(S(=O)(=O)N(CC(=O)[O-])C2CCCCC2)cc1Cl. The number of hydrogen-bond donors (Lipinski definition) is 0. The molecule has 1 saturated carbocycles. The van der Waals surface area contributed by atoms with Gasteiger partial charge in [-0.05, 0) is 31.0 Å². The number of ether oxygens (including phenoxy) is 1. The Morgan fingerprint density at radius 1 is 1.35 bits per heavy atom. The zero-order valence-corrected chi connectivity index (χ0v) is 14.4. The van der Waals surface area contributed by atoms with E-state index in [-0.39, 0.29) is 16.0 Å². The number of hydrogen-bond acceptors (Lipinski definition) is 5. The lowest BCUT2D eigenvalue weighted by Gasteiger charge is -2.33. The minimum Gasteiger partial charge on any atom is -0.549 e. The van der Waals surface area contributed by atoms with Crippen molar-refractivity contribution in [2.45, 2.75) is 43.0 Å². The predicted molar refractivity (Wildman–Crippen MR) is 83.8 cm³/mol. The third-order valence-corrected chi connectivity index (χ3v) is 6.19. The number of aliphatic carboxylic acids is 1. The summed E-state index contributed by atoms with van der Waals surface area (Å²) >= 11 is 6.00. The van der Waals surface area contributed by atoms with Crippen LogP contribution in [-0.2, 0) is 14.8 Å². The molecular weight excluding hydrogens is 342 g/mol. The molecule has 1 aliphatic carbocycles. The van der Waals surface area contributed by atoms with Crippen molar-refractivity contribution in [2.75, 3.05) is 13.7 Å². The van der Waals surface area contributed by atoms with E-state index in [1.807, 2.05) is 0 Å². The summed E-state index contributed by atoms with van der Waals surface area (Å²) in [6, 6.07) is 3.77. The normalized spacial score (nSPS) is 16.5. The Morgan fingerprint density at radius 2 is 2.00 bits per heavy atom. The summed E-state index contributed by atoms with van der Waals surface area (Å²) in [7, 11) is -2.54. The quantitative estimate of drug-likeness (QED) is 0.765. The van der Waals surface area contributed by atoms with Crippen LogP contribution in [0.2, 0.25) is 5.02 Å². The Balaban J connectivity index is 2.38. The molecule has 6 nitrogen and oxygen atoms in total. The van der Waals surface area contributed by atoms with Gasteiger partial charge in [-0.15, -0.1) is 0 Å². The van der Waals surface area contributed by atoms with Gasteiger partial charge in [0.1, 0.15) is 5.75 Å². The molecule has 0 aromatic heterocycles. The number of carboxylic acids is 1. The van der Waals surface area contributed by atoms with Crippen LogP contribution in [0, 0.1) is 0 Å². The van der Waals surface area contributed by atoms with Gasteiger partial charge in [0, 0.05) is 6.04 Å². The number of sulfonamides is 1. The topological polar surface area (TPSA) is 86.7 Å². The predicted octanol–water partition coefficient (Wildman–Crippen LogP) is 1.42. The molecule has 128 valence electrons. The lowest BCUT2D eigenvalue weighted by molar-refractivity contribution is -0.305.